The lowest BCUT2D eigenvalue weighted by Gasteiger charge is -1.88. The van der Waals surface area contributed by atoms with Gasteiger partial charge in [-0.3, -0.25) is 0 Å². The molecule has 0 aliphatic carbocycles. The highest BCUT2D eigenvalue weighted by Crippen LogP contribution is 2.05. The number of nitrogens with zero attached hydrogens (tertiary/aromatic N) is 1. The highest BCUT2D eigenvalue weighted by Gasteiger charge is 1.95. The molecule has 1 aromatic heterocycles. The van der Waals surface area contributed by atoms with Crippen molar-refractivity contribution in [2.45, 2.75) is 5.88 Å². The van der Waals surface area contributed by atoms with Crippen LogP contribution in [-0.4, -0.2) is 17.1 Å². The zero-order valence-corrected chi connectivity index (χ0v) is 5.77. The van der Waals surface area contributed by atoms with Crippen LogP contribution in [0.5, 0.6) is 5.88 Å². The summed E-state index contributed by atoms with van der Waals surface area (Å²) in [7, 11) is 1.57. The second kappa shape index (κ2) is 2.73. The van der Waals surface area contributed by atoms with Gasteiger partial charge in [0.05, 0.1) is 19.2 Å². The molecular weight excluding hydrogens is 140 g/mol. The lowest BCUT2D eigenvalue weighted by molar-refractivity contribution is 0.399. The SMILES string of the molecule is COc1cnc(CCl)[nH]1. The molecule has 50 valence electrons. The summed E-state index contributed by atoms with van der Waals surface area (Å²) in [6.07, 6.45) is 1.59. The Hall–Kier alpha value is -0.700. The molecule has 0 aliphatic rings. The van der Waals surface area contributed by atoms with Crippen LogP contribution in [0.25, 0.3) is 0 Å². The smallest absolute Gasteiger partial charge is 0.210 e. The van der Waals surface area contributed by atoms with Gasteiger partial charge in [0.25, 0.3) is 0 Å². The van der Waals surface area contributed by atoms with E-state index in [0.717, 1.165) is 5.82 Å². The third-order valence-electron chi connectivity index (χ3n) is 0.952. The average molecular weight is 147 g/mol. The van der Waals surface area contributed by atoms with E-state index in [0.29, 0.717) is 11.8 Å². The molecule has 0 aromatic carbocycles. The Balaban J connectivity index is 2.74. The molecule has 1 aromatic rings. The molecule has 0 atom stereocenters. The van der Waals surface area contributed by atoms with Crippen molar-refractivity contribution in [2.75, 3.05) is 7.11 Å². The molecule has 3 nitrogen and oxygen atoms in total. The van der Waals surface area contributed by atoms with Gasteiger partial charge >= 0.3 is 0 Å². The first-order valence-electron chi connectivity index (χ1n) is 2.50. The van der Waals surface area contributed by atoms with Crippen LogP contribution in [0.15, 0.2) is 6.20 Å². The topological polar surface area (TPSA) is 37.9 Å². The van der Waals surface area contributed by atoms with Gasteiger partial charge in [-0.05, 0) is 0 Å². The van der Waals surface area contributed by atoms with Crippen LogP contribution in [0.4, 0.5) is 0 Å². The number of hydrogen-bond donors (Lipinski definition) is 1. The van der Waals surface area contributed by atoms with Crippen molar-refractivity contribution >= 4 is 11.6 Å². The summed E-state index contributed by atoms with van der Waals surface area (Å²) < 4.78 is 4.82. The highest BCUT2D eigenvalue weighted by molar-refractivity contribution is 6.16. The van der Waals surface area contributed by atoms with E-state index in [1.165, 1.54) is 0 Å². The first kappa shape index (κ1) is 6.42. The minimum Gasteiger partial charge on any atom is -0.481 e. The molecule has 4 heteroatoms. The first-order chi connectivity index (χ1) is 4.36. The van der Waals surface area contributed by atoms with Crippen molar-refractivity contribution in [2.24, 2.45) is 0 Å². The molecule has 0 aliphatic heterocycles. The number of ether oxygens (including phenoxy) is 1. The van der Waals surface area contributed by atoms with Gasteiger partial charge < -0.3 is 9.72 Å². The number of hydrogen-bond acceptors (Lipinski definition) is 2. The lowest BCUT2D eigenvalue weighted by atomic mass is 10.7. The minimum atomic E-state index is 0.392. The van der Waals surface area contributed by atoms with Crippen molar-refractivity contribution < 1.29 is 4.74 Å². The summed E-state index contributed by atoms with van der Waals surface area (Å²) in [6, 6.07) is 0. The molecule has 0 bridgehead atoms. The molecule has 0 amide bonds. The van der Waals surface area contributed by atoms with Gasteiger partial charge in [-0.25, -0.2) is 4.98 Å². The Labute approximate surface area is 58.0 Å². The van der Waals surface area contributed by atoms with E-state index in [2.05, 4.69) is 9.97 Å². The largest absolute Gasteiger partial charge is 0.481 e. The van der Waals surface area contributed by atoms with Crippen LogP contribution < -0.4 is 4.74 Å². The normalized spacial score (nSPS) is 9.56. The predicted octanol–water partition coefficient (Wildman–Crippen LogP) is 1.16. The summed E-state index contributed by atoms with van der Waals surface area (Å²) in [5.74, 6) is 1.77. The number of rotatable bonds is 2. The van der Waals surface area contributed by atoms with E-state index in [9.17, 15) is 0 Å². The van der Waals surface area contributed by atoms with Gasteiger partial charge in [-0.2, -0.15) is 0 Å². The number of aromatic amines is 1. The number of nitrogens with one attached hydrogen (secondary N) is 1. The summed E-state index contributed by atoms with van der Waals surface area (Å²) >= 11 is 5.45. The Morgan fingerprint density at radius 1 is 1.89 bits per heavy atom. The molecule has 0 saturated carbocycles. The molecule has 1 heterocycles. The highest BCUT2D eigenvalue weighted by atomic mass is 35.5. The fraction of sp³-hybridized carbons (Fsp3) is 0.400. The third kappa shape index (κ3) is 1.36. The van der Waals surface area contributed by atoms with Crippen LogP contribution >= 0.6 is 11.6 Å². The summed E-state index contributed by atoms with van der Waals surface area (Å²) in [5.41, 5.74) is 0. The van der Waals surface area contributed by atoms with E-state index in [4.69, 9.17) is 16.3 Å². The van der Waals surface area contributed by atoms with Gasteiger partial charge in [0.2, 0.25) is 5.88 Å². The fourth-order valence-corrected chi connectivity index (χ4v) is 0.651. The molecule has 0 unspecified atom stereocenters. The quantitative estimate of drug-likeness (QED) is 0.636. The van der Waals surface area contributed by atoms with E-state index < -0.39 is 0 Å². The molecule has 9 heavy (non-hydrogen) atoms. The van der Waals surface area contributed by atoms with Gasteiger partial charge in [-0.1, -0.05) is 0 Å². The maximum Gasteiger partial charge on any atom is 0.210 e. The van der Waals surface area contributed by atoms with Gasteiger partial charge in [0.1, 0.15) is 5.82 Å². The fourth-order valence-electron chi connectivity index (χ4n) is 0.515. The third-order valence-corrected chi connectivity index (χ3v) is 1.20. The minimum absolute atomic E-state index is 0.392. The van der Waals surface area contributed by atoms with Crippen molar-refractivity contribution in [3.63, 3.8) is 0 Å². The van der Waals surface area contributed by atoms with Crippen LogP contribution in [0.2, 0.25) is 0 Å². The molecule has 0 radical (unpaired) electrons. The molecule has 0 saturated heterocycles. The molecule has 0 fully saturated rings. The summed E-state index contributed by atoms with van der Waals surface area (Å²) in [5, 5.41) is 0. The number of methoxy groups -OCH3 is 1. The number of imidazole rings is 1. The van der Waals surface area contributed by atoms with E-state index in [1.54, 1.807) is 13.3 Å². The van der Waals surface area contributed by atoms with E-state index >= 15 is 0 Å². The monoisotopic (exact) mass is 146 g/mol. The summed E-state index contributed by atoms with van der Waals surface area (Å²) in [4.78, 5) is 6.74. The second-order valence-electron chi connectivity index (χ2n) is 1.53. The van der Waals surface area contributed by atoms with Crippen LogP contribution in [0.1, 0.15) is 5.82 Å². The van der Waals surface area contributed by atoms with Crippen LogP contribution in [0, 0.1) is 0 Å². The van der Waals surface area contributed by atoms with Gasteiger partial charge in [0.15, 0.2) is 0 Å². The molecule has 0 spiro atoms. The van der Waals surface area contributed by atoms with Gasteiger partial charge in [-0.15, -0.1) is 11.6 Å². The van der Waals surface area contributed by atoms with Crippen molar-refractivity contribution in [3.05, 3.63) is 12.0 Å². The van der Waals surface area contributed by atoms with Crippen molar-refractivity contribution in [1.29, 1.82) is 0 Å². The Bertz CT molecular complexity index is 168. The maximum absolute atomic E-state index is 5.45. The molecule has 1 rings (SSSR count). The predicted molar refractivity (Wildman–Crippen MR) is 34.7 cm³/mol. The zero-order chi connectivity index (χ0) is 6.69. The molecular formula is C5H7ClN2O. The summed E-state index contributed by atoms with van der Waals surface area (Å²) in [6.45, 7) is 0. The Morgan fingerprint density at radius 2 is 2.67 bits per heavy atom. The lowest BCUT2D eigenvalue weighted by Crippen LogP contribution is -1.82. The van der Waals surface area contributed by atoms with E-state index in [-0.39, 0.29) is 0 Å². The first-order valence-corrected chi connectivity index (χ1v) is 3.04. The number of aromatic nitrogens is 2. The molecule has 1 N–H and O–H groups in total. The zero-order valence-electron chi connectivity index (χ0n) is 5.02. The second-order valence-corrected chi connectivity index (χ2v) is 1.80. The van der Waals surface area contributed by atoms with E-state index in [1.807, 2.05) is 0 Å². The van der Waals surface area contributed by atoms with Crippen molar-refractivity contribution in [1.82, 2.24) is 9.97 Å². The van der Waals surface area contributed by atoms with Crippen LogP contribution in [0.3, 0.4) is 0 Å². The average Bonchev–Trinajstić information content (AvgIpc) is 2.34. The Kier molecular flexibility index (Phi) is 1.95. The number of halogens is 1. The maximum atomic E-state index is 5.45. The Morgan fingerprint density at radius 3 is 3.00 bits per heavy atom. The van der Waals surface area contributed by atoms with Crippen molar-refractivity contribution in [3.8, 4) is 5.88 Å². The van der Waals surface area contributed by atoms with Crippen LogP contribution in [-0.2, 0) is 5.88 Å². The number of alkyl halides is 1. The standard InChI is InChI=1S/C5H7ClN2O/c1-9-5-3-7-4(2-6)8-5/h3H,2H2,1H3,(H,7,8). The van der Waals surface area contributed by atoms with Gasteiger partial charge in [0, 0.05) is 0 Å². The number of H-pyrrole nitrogens is 1.